The first-order valence-corrected chi connectivity index (χ1v) is 7.78. The van der Waals surface area contributed by atoms with Crippen LogP contribution in [0.2, 0.25) is 0 Å². The fraction of sp³-hybridized carbons (Fsp3) is 0.222. The summed E-state index contributed by atoms with van der Waals surface area (Å²) in [4.78, 5) is 33.6. The predicted octanol–water partition coefficient (Wildman–Crippen LogP) is 2.50. The molecule has 0 aromatic heterocycles. The molecule has 0 aliphatic carbocycles. The Hall–Kier alpha value is -3.22. The van der Waals surface area contributed by atoms with E-state index < -0.39 is 23.4 Å². The smallest absolute Gasteiger partial charge is 0.338 e. The molecule has 0 aliphatic rings. The summed E-state index contributed by atoms with van der Waals surface area (Å²) in [6.07, 6.45) is 1.61. The molecular weight excluding hydrogens is 324 g/mol. The highest BCUT2D eigenvalue weighted by atomic mass is 16.6. The van der Waals surface area contributed by atoms with Crippen molar-refractivity contribution in [2.24, 2.45) is 0 Å². The lowest BCUT2D eigenvalue weighted by molar-refractivity contribution is -0.384. The maximum atomic E-state index is 11.8. The molecule has 2 aromatic carbocycles. The van der Waals surface area contributed by atoms with Crippen LogP contribution in [0.3, 0.4) is 0 Å². The second kappa shape index (κ2) is 9.17. The first-order chi connectivity index (χ1) is 12.1. The molecule has 0 saturated carbocycles. The lowest BCUT2D eigenvalue weighted by atomic mass is 10.1. The van der Waals surface area contributed by atoms with E-state index in [9.17, 15) is 19.7 Å². The van der Waals surface area contributed by atoms with Gasteiger partial charge in [0.25, 0.3) is 11.6 Å². The summed E-state index contributed by atoms with van der Waals surface area (Å²) >= 11 is 0. The summed E-state index contributed by atoms with van der Waals surface area (Å²) in [7, 11) is 0. The standard InChI is InChI=1S/C18H18N2O5/c21-17(19-11-5-8-14-6-2-1-3-7-14)13-25-18(22)15-9-4-10-16(12-15)20(23)24/h1-4,6-7,9-10,12H,5,8,11,13H2,(H,19,21). The molecule has 0 atom stereocenters. The van der Waals surface area contributed by atoms with Crippen LogP contribution in [0.5, 0.6) is 0 Å². The molecule has 0 aliphatic heterocycles. The number of nitrogens with zero attached hydrogens (tertiary/aromatic N) is 1. The van der Waals surface area contributed by atoms with E-state index in [2.05, 4.69) is 5.32 Å². The van der Waals surface area contributed by atoms with Gasteiger partial charge in [0.1, 0.15) is 0 Å². The van der Waals surface area contributed by atoms with Gasteiger partial charge in [-0.1, -0.05) is 36.4 Å². The van der Waals surface area contributed by atoms with E-state index >= 15 is 0 Å². The molecule has 0 saturated heterocycles. The normalized spacial score (nSPS) is 10.1. The van der Waals surface area contributed by atoms with Gasteiger partial charge >= 0.3 is 5.97 Å². The zero-order chi connectivity index (χ0) is 18.1. The van der Waals surface area contributed by atoms with Gasteiger partial charge in [-0.3, -0.25) is 14.9 Å². The number of ether oxygens (including phenoxy) is 1. The highest BCUT2D eigenvalue weighted by molar-refractivity contribution is 5.91. The Morgan fingerprint density at radius 3 is 2.56 bits per heavy atom. The predicted molar refractivity (Wildman–Crippen MR) is 91.2 cm³/mol. The van der Waals surface area contributed by atoms with Gasteiger partial charge in [0, 0.05) is 18.7 Å². The maximum Gasteiger partial charge on any atom is 0.338 e. The third kappa shape index (κ3) is 6.06. The minimum absolute atomic E-state index is 0.0334. The highest BCUT2D eigenvalue weighted by Gasteiger charge is 2.13. The van der Waals surface area contributed by atoms with Crippen LogP contribution in [0.4, 0.5) is 5.69 Å². The largest absolute Gasteiger partial charge is 0.452 e. The molecule has 2 aromatic rings. The molecular formula is C18H18N2O5. The number of benzene rings is 2. The van der Waals surface area contributed by atoms with Crippen molar-refractivity contribution < 1.29 is 19.2 Å². The van der Waals surface area contributed by atoms with E-state index in [0.29, 0.717) is 6.54 Å². The van der Waals surface area contributed by atoms with Crippen LogP contribution in [0.25, 0.3) is 0 Å². The van der Waals surface area contributed by atoms with Crippen molar-refractivity contribution in [3.63, 3.8) is 0 Å². The monoisotopic (exact) mass is 342 g/mol. The lowest BCUT2D eigenvalue weighted by Gasteiger charge is -2.07. The Labute approximate surface area is 144 Å². The average molecular weight is 342 g/mol. The van der Waals surface area contributed by atoms with Gasteiger partial charge < -0.3 is 10.1 Å². The number of nitro benzene ring substituents is 1. The van der Waals surface area contributed by atoms with Crippen LogP contribution in [0.15, 0.2) is 54.6 Å². The molecule has 0 fully saturated rings. The zero-order valence-electron chi connectivity index (χ0n) is 13.5. The van der Waals surface area contributed by atoms with Crippen LogP contribution in [0, 0.1) is 10.1 Å². The van der Waals surface area contributed by atoms with Crippen molar-refractivity contribution in [3.8, 4) is 0 Å². The van der Waals surface area contributed by atoms with Crippen molar-refractivity contribution in [3.05, 3.63) is 75.8 Å². The van der Waals surface area contributed by atoms with E-state index in [1.54, 1.807) is 0 Å². The molecule has 0 radical (unpaired) electrons. The zero-order valence-corrected chi connectivity index (χ0v) is 13.5. The molecule has 7 heteroatoms. The molecule has 1 amide bonds. The van der Waals surface area contributed by atoms with Gasteiger partial charge in [0.2, 0.25) is 0 Å². The van der Waals surface area contributed by atoms with E-state index in [0.717, 1.165) is 18.9 Å². The Kier molecular flexibility index (Phi) is 6.65. The number of hydrogen-bond donors (Lipinski definition) is 1. The first kappa shape index (κ1) is 18.1. The van der Waals surface area contributed by atoms with Gasteiger partial charge in [0.05, 0.1) is 10.5 Å². The fourth-order valence-electron chi connectivity index (χ4n) is 2.18. The summed E-state index contributed by atoms with van der Waals surface area (Å²) in [5.74, 6) is -1.19. The summed E-state index contributed by atoms with van der Waals surface area (Å²) in [6, 6.07) is 15.1. The Morgan fingerprint density at radius 1 is 1.08 bits per heavy atom. The van der Waals surface area contributed by atoms with Crippen LogP contribution >= 0.6 is 0 Å². The number of rotatable bonds is 8. The van der Waals surface area contributed by atoms with Crippen LogP contribution < -0.4 is 5.32 Å². The quantitative estimate of drug-likeness (QED) is 0.344. The Balaban J connectivity index is 1.70. The average Bonchev–Trinajstić information content (AvgIpc) is 2.64. The van der Waals surface area contributed by atoms with E-state index in [1.807, 2.05) is 30.3 Å². The lowest BCUT2D eigenvalue weighted by Crippen LogP contribution is -2.29. The summed E-state index contributed by atoms with van der Waals surface area (Å²) in [6.45, 7) is 0.0505. The molecule has 2 rings (SSSR count). The van der Waals surface area contributed by atoms with Crippen molar-refractivity contribution in [2.75, 3.05) is 13.2 Å². The Morgan fingerprint density at radius 2 is 1.84 bits per heavy atom. The number of amides is 1. The molecule has 25 heavy (non-hydrogen) atoms. The van der Waals surface area contributed by atoms with E-state index in [-0.39, 0.29) is 11.3 Å². The third-order valence-electron chi connectivity index (χ3n) is 3.43. The topological polar surface area (TPSA) is 98.5 Å². The maximum absolute atomic E-state index is 11.8. The van der Waals surface area contributed by atoms with Crippen molar-refractivity contribution in [1.29, 1.82) is 0 Å². The van der Waals surface area contributed by atoms with Crippen molar-refractivity contribution in [1.82, 2.24) is 5.32 Å². The van der Waals surface area contributed by atoms with Crippen molar-refractivity contribution >= 4 is 17.6 Å². The number of esters is 1. The van der Waals surface area contributed by atoms with Gasteiger partial charge in [0.15, 0.2) is 6.61 Å². The van der Waals surface area contributed by atoms with Gasteiger partial charge in [-0.15, -0.1) is 0 Å². The summed E-state index contributed by atoms with van der Waals surface area (Å²) in [5.41, 5.74) is 1.01. The number of hydrogen-bond acceptors (Lipinski definition) is 5. The molecule has 130 valence electrons. The Bertz CT molecular complexity index is 746. The number of nitrogens with one attached hydrogen (secondary N) is 1. The number of non-ortho nitro benzene ring substituents is 1. The van der Waals surface area contributed by atoms with Crippen LogP contribution in [-0.4, -0.2) is 30.0 Å². The second-order valence-electron chi connectivity index (χ2n) is 5.32. The van der Waals surface area contributed by atoms with E-state index in [4.69, 9.17) is 4.74 Å². The van der Waals surface area contributed by atoms with Crippen LogP contribution in [-0.2, 0) is 16.0 Å². The number of aryl methyl sites for hydroxylation is 1. The van der Waals surface area contributed by atoms with Gasteiger partial charge in [-0.05, 0) is 24.5 Å². The number of carbonyl (C=O) groups is 2. The minimum Gasteiger partial charge on any atom is -0.452 e. The van der Waals surface area contributed by atoms with E-state index in [1.165, 1.54) is 23.8 Å². The number of carbonyl (C=O) groups excluding carboxylic acids is 2. The highest BCUT2D eigenvalue weighted by Crippen LogP contribution is 2.13. The minimum atomic E-state index is -0.775. The molecule has 0 heterocycles. The number of nitro groups is 1. The van der Waals surface area contributed by atoms with Gasteiger partial charge in [-0.2, -0.15) is 0 Å². The SMILES string of the molecule is O=C(COC(=O)c1cccc([N+](=O)[O-])c1)NCCCc1ccccc1. The summed E-state index contributed by atoms with van der Waals surface area (Å²) < 4.78 is 4.87. The molecule has 1 N–H and O–H groups in total. The van der Waals surface area contributed by atoms with Crippen LogP contribution in [0.1, 0.15) is 22.3 Å². The van der Waals surface area contributed by atoms with Gasteiger partial charge in [-0.25, -0.2) is 4.79 Å². The summed E-state index contributed by atoms with van der Waals surface area (Å²) in [5, 5.41) is 13.3. The molecule has 0 bridgehead atoms. The van der Waals surface area contributed by atoms with Crippen molar-refractivity contribution in [2.45, 2.75) is 12.8 Å². The second-order valence-corrected chi connectivity index (χ2v) is 5.32. The molecule has 0 unspecified atom stereocenters. The molecule has 7 nitrogen and oxygen atoms in total. The third-order valence-corrected chi connectivity index (χ3v) is 3.43. The fourth-order valence-corrected chi connectivity index (χ4v) is 2.18. The first-order valence-electron chi connectivity index (χ1n) is 7.78. The molecule has 0 spiro atoms.